The summed E-state index contributed by atoms with van der Waals surface area (Å²) in [6, 6.07) is 23.4. The van der Waals surface area contributed by atoms with Crippen molar-refractivity contribution in [3.63, 3.8) is 0 Å². The van der Waals surface area contributed by atoms with E-state index in [-0.39, 0.29) is 5.41 Å². The van der Waals surface area contributed by atoms with E-state index in [1.165, 1.54) is 11.1 Å². The molecule has 0 aliphatic carbocycles. The van der Waals surface area contributed by atoms with Crippen LogP contribution in [-0.4, -0.2) is 15.5 Å². The maximum Gasteiger partial charge on any atom is 0.343 e. The van der Waals surface area contributed by atoms with Crippen LogP contribution in [0, 0.1) is 0 Å². The average molecular weight is 594 g/mol. The number of hydrogen-bond acceptors (Lipinski definition) is 3. The molecule has 4 aromatic rings. The van der Waals surface area contributed by atoms with E-state index in [1.54, 1.807) is 18.3 Å². The Labute approximate surface area is 222 Å². The number of rotatable bonds is 6. The highest BCUT2D eigenvalue weighted by atomic mass is 79.9. The fraction of sp³-hybridized carbons (Fsp3) is 0.172. The molecule has 6 heteroatoms. The zero-order valence-corrected chi connectivity index (χ0v) is 23.0. The molecular weight excluding hydrogens is 568 g/mol. The molecule has 1 heterocycles. The van der Waals surface area contributed by atoms with Gasteiger partial charge in [0.05, 0.1) is 5.56 Å². The monoisotopic (exact) mass is 592 g/mol. The van der Waals surface area contributed by atoms with Crippen molar-refractivity contribution in [2.75, 3.05) is 0 Å². The number of hydrogen-bond donors (Lipinski definition) is 0. The van der Waals surface area contributed by atoms with Gasteiger partial charge in [0.25, 0.3) is 0 Å². The molecule has 0 bridgehead atoms. The van der Waals surface area contributed by atoms with Gasteiger partial charge in [-0.05, 0) is 52.9 Å². The fourth-order valence-corrected chi connectivity index (χ4v) is 4.08. The number of nitrogens with zero attached hydrogens (tertiary/aromatic N) is 2. The maximum absolute atomic E-state index is 12.9. The molecule has 0 amide bonds. The van der Waals surface area contributed by atoms with E-state index in [2.05, 4.69) is 81.9 Å². The summed E-state index contributed by atoms with van der Waals surface area (Å²) in [6.45, 7) is 7.28. The lowest BCUT2D eigenvalue weighted by atomic mass is 9.87. The molecule has 0 radical (unpaired) electrons. The number of carbonyl (C=O) groups excluding carboxylic acids is 1. The maximum atomic E-state index is 12.9. The van der Waals surface area contributed by atoms with E-state index >= 15 is 0 Å². The van der Waals surface area contributed by atoms with Crippen LogP contribution in [-0.2, 0) is 16.7 Å². The second-order valence-electron chi connectivity index (χ2n) is 9.27. The fourth-order valence-electron chi connectivity index (χ4n) is 3.55. The minimum absolute atomic E-state index is 0.111. The van der Waals surface area contributed by atoms with Crippen LogP contribution in [0.25, 0.3) is 11.8 Å². The third-order valence-corrected chi connectivity index (χ3v) is 6.65. The number of carbonyl (C=O) groups is 1. The highest BCUT2D eigenvalue weighted by Gasteiger charge is 2.15. The summed E-state index contributed by atoms with van der Waals surface area (Å²) in [5, 5.41) is 0. The molecule has 0 fully saturated rings. The van der Waals surface area contributed by atoms with Gasteiger partial charge in [0, 0.05) is 39.5 Å². The Morgan fingerprint density at radius 3 is 2.03 bits per heavy atom. The Morgan fingerprint density at radius 1 is 0.886 bits per heavy atom. The van der Waals surface area contributed by atoms with Crippen LogP contribution in [0.4, 0.5) is 0 Å². The van der Waals surface area contributed by atoms with Crippen LogP contribution in [0.15, 0.2) is 94.1 Å². The molecule has 0 saturated carbocycles. The molecule has 0 aliphatic rings. The van der Waals surface area contributed by atoms with Crippen molar-refractivity contribution in [3.8, 4) is 0 Å². The molecular formula is C29H26Br2N2O2. The van der Waals surface area contributed by atoms with Crippen molar-refractivity contribution >= 4 is 49.7 Å². The van der Waals surface area contributed by atoms with Gasteiger partial charge in [-0.3, -0.25) is 0 Å². The smallest absolute Gasteiger partial charge is 0.343 e. The molecule has 178 valence electrons. The molecule has 0 unspecified atom stereocenters. The van der Waals surface area contributed by atoms with Crippen LogP contribution < -0.4 is 0 Å². The molecule has 0 aliphatic heterocycles. The number of halogens is 2. The highest BCUT2D eigenvalue weighted by Crippen LogP contribution is 2.25. The molecule has 4 nitrogen and oxygen atoms in total. The third-order valence-electron chi connectivity index (χ3n) is 5.59. The Kier molecular flexibility index (Phi) is 7.72. The molecule has 0 saturated heterocycles. The Hall–Kier alpha value is -2.96. The van der Waals surface area contributed by atoms with Crippen molar-refractivity contribution in [3.05, 3.63) is 122 Å². The SMILES string of the molecule is CC(C)(C)c1ccc(Cn2ccnc2/C=C(/OC(=O)c2ccc(Br)cc2)c2ccc(Br)cc2)cc1. The van der Waals surface area contributed by atoms with Gasteiger partial charge in [-0.2, -0.15) is 0 Å². The van der Waals surface area contributed by atoms with Crippen LogP contribution in [0.3, 0.4) is 0 Å². The molecule has 1 aromatic heterocycles. The standard InChI is InChI=1S/C29H26Br2N2O2/c1-29(2,3)23-10-4-20(5-11-23)19-33-17-16-32-27(33)18-26(21-6-12-24(30)13-7-21)35-28(34)22-8-14-25(31)15-9-22/h4-18H,19H2,1-3H3/b26-18+. The van der Waals surface area contributed by atoms with Gasteiger partial charge in [0.1, 0.15) is 11.6 Å². The first kappa shape index (κ1) is 25.1. The van der Waals surface area contributed by atoms with Crippen molar-refractivity contribution in [1.82, 2.24) is 9.55 Å². The number of benzene rings is 3. The van der Waals surface area contributed by atoms with E-state index in [9.17, 15) is 4.79 Å². The summed E-state index contributed by atoms with van der Waals surface area (Å²) < 4.78 is 9.76. The number of ether oxygens (including phenoxy) is 1. The van der Waals surface area contributed by atoms with Gasteiger partial charge < -0.3 is 9.30 Å². The van der Waals surface area contributed by atoms with E-state index in [4.69, 9.17) is 4.74 Å². The van der Waals surface area contributed by atoms with Crippen molar-refractivity contribution < 1.29 is 9.53 Å². The van der Waals surface area contributed by atoms with E-state index < -0.39 is 5.97 Å². The van der Waals surface area contributed by atoms with Crippen LogP contribution in [0.5, 0.6) is 0 Å². The summed E-state index contributed by atoms with van der Waals surface area (Å²) in [7, 11) is 0. The Morgan fingerprint density at radius 2 is 1.46 bits per heavy atom. The third kappa shape index (κ3) is 6.59. The second kappa shape index (κ2) is 10.8. The average Bonchev–Trinajstić information content (AvgIpc) is 3.25. The predicted molar refractivity (Wildman–Crippen MR) is 148 cm³/mol. The Balaban J connectivity index is 1.63. The zero-order valence-electron chi connectivity index (χ0n) is 19.8. The highest BCUT2D eigenvalue weighted by molar-refractivity contribution is 9.10. The zero-order chi connectivity index (χ0) is 25.0. The van der Waals surface area contributed by atoms with E-state index in [0.717, 1.165) is 14.5 Å². The minimum atomic E-state index is -0.428. The first-order valence-corrected chi connectivity index (χ1v) is 12.8. The minimum Gasteiger partial charge on any atom is -0.422 e. The van der Waals surface area contributed by atoms with Gasteiger partial charge in [0.15, 0.2) is 0 Å². The summed E-state index contributed by atoms with van der Waals surface area (Å²) >= 11 is 6.87. The van der Waals surface area contributed by atoms with E-state index in [1.807, 2.05) is 53.2 Å². The van der Waals surface area contributed by atoms with Crippen LogP contribution in [0.1, 0.15) is 53.6 Å². The quantitative estimate of drug-likeness (QED) is 0.167. The lowest BCUT2D eigenvalue weighted by molar-refractivity contribution is 0.0693. The summed E-state index contributed by atoms with van der Waals surface area (Å²) in [4.78, 5) is 17.4. The van der Waals surface area contributed by atoms with Crippen LogP contribution >= 0.6 is 31.9 Å². The Bertz CT molecular complexity index is 1330. The molecule has 0 spiro atoms. The van der Waals surface area contributed by atoms with Gasteiger partial charge in [0.2, 0.25) is 0 Å². The van der Waals surface area contributed by atoms with Gasteiger partial charge in [-0.15, -0.1) is 0 Å². The normalized spacial score (nSPS) is 12.0. The first-order chi connectivity index (χ1) is 16.7. The molecule has 4 rings (SSSR count). The molecule has 0 N–H and O–H groups in total. The van der Waals surface area contributed by atoms with Crippen molar-refractivity contribution in [2.24, 2.45) is 0 Å². The number of aromatic nitrogens is 2. The van der Waals surface area contributed by atoms with Crippen molar-refractivity contribution in [1.29, 1.82) is 0 Å². The lowest BCUT2D eigenvalue weighted by Gasteiger charge is -2.19. The van der Waals surface area contributed by atoms with Gasteiger partial charge in [-0.1, -0.05) is 89.0 Å². The lowest BCUT2D eigenvalue weighted by Crippen LogP contribution is -2.11. The second-order valence-corrected chi connectivity index (χ2v) is 11.1. The summed E-state index contributed by atoms with van der Waals surface area (Å²) in [5.74, 6) is 0.704. The molecule has 0 atom stereocenters. The molecule has 3 aromatic carbocycles. The summed E-state index contributed by atoms with van der Waals surface area (Å²) in [6.07, 6.45) is 5.49. The van der Waals surface area contributed by atoms with Crippen molar-refractivity contribution in [2.45, 2.75) is 32.7 Å². The largest absolute Gasteiger partial charge is 0.422 e. The number of imidazole rings is 1. The molecule has 35 heavy (non-hydrogen) atoms. The van der Waals surface area contributed by atoms with E-state index in [0.29, 0.717) is 23.7 Å². The van der Waals surface area contributed by atoms with Crippen LogP contribution in [0.2, 0.25) is 0 Å². The van der Waals surface area contributed by atoms with Gasteiger partial charge in [-0.25, -0.2) is 9.78 Å². The van der Waals surface area contributed by atoms with Gasteiger partial charge >= 0.3 is 5.97 Å². The topological polar surface area (TPSA) is 44.1 Å². The summed E-state index contributed by atoms with van der Waals surface area (Å²) in [5.41, 5.74) is 3.83. The predicted octanol–water partition coefficient (Wildman–Crippen LogP) is 8.11. The number of esters is 1. The first-order valence-electron chi connectivity index (χ1n) is 11.2.